The first kappa shape index (κ1) is 16.0. The van der Waals surface area contributed by atoms with Crippen LogP contribution in [0.15, 0.2) is 42.6 Å². The number of anilines is 2. The molecular weight excluding hydrogens is 321 g/mol. The fourth-order valence-electron chi connectivity index (χ4n) is 3.31. The van der Waals surface area contributed by atoms with Crippen LogP contribution in [0.4, 0.5) is 15.9 Å². The van der Waals surface area contributed by atoms with Gasteiger partial charge in [0, 0.05) is 25.2 Å². The number of hydrogen-bond acceptors (Lipinski definition) is 4. The maximum atomic E-state index is 13.0. The molecule has 2 heterocycles. The number of carbonyl (C=O) groups excluding carboxylic acids is 1. The van der Waals surface area contributed by atoms with Crippen LogP contribution < -0.4 is 10.2 Å². The average Bonchev–Trinajstić information content (AvgIpc) is 3.44. The van der Waals surface area contributed by atoms with Crippen molar-refractivity contribution in [2.75, 3.05) is 36.5 Å². The molecule has 1 aromatic heterocycles. The number of nitrogens with zero attached hydrogens (tertiary/aromatic N) is 2. The first-order valence-electron chi connectivity index (χ1n) is 8.56. The zero-order valence-corrected chi connectivity index (χ0v) is 13.8. The lowest BCUT2D eigenvalue weighted by Crippen LogP contribution is -2.37. The van der Waals surface area contributed by atoms with Crippen LogP contribution in [0.1, 0.15) is 17.9 Å². The van der Waals surface area contributed by atoms with Crippen molar-refractivity contribution in [2.24, 2.45) is 5.92 Å². The largest absolute Gasteiger partial charge is 0.378 e. The van der Waals surface area contributed by atoms with E-state index in [1.807, 2.05) is 12.1 Å². The summed E-state index contributed by atoms with van der Waals surface area (Å²) in [6, 6.07) is 10.1. The molecule has 0 unspecified atom stereocenters. The minimum Gasteiger partial charge on any atom is -0.378 e. The number of rotatable bonds is 4. The third-order valence-electron chi connectivity index (χ3n) is 4.78. The van der Waals surface area contributed by atoms with Gasteiger partial charge in [0.15, 0.2) is 5.82 Å². The summed E-state index contributed by atoms with van der Waals surface area (Å²) < 4.78 is 18.4. The molecule has 1 N–H and O–H groups in total. The smallest absolute Gasteiger partial charge is 0.228 e. The highest BCUT2D eigenvalue weighted by Crippen LogP contribution is 2.48. The van der Waals surface area contributed by atoms with E-state index in [0.29, 0.717) is 13.2 Å². The molecule has 2 aliphatic rings. The highest BCUT2D eigenvalue weighted by atomic mass is 19.1. The number of halogens is 1. The van der Waals surface area contributed by atoms with Gasteiger partial charge in [-0.3, -0.25) is 4.79 Å². The second-order valence-electron chi connectivity index (χ2n) is 6.46. The minimum atomic E-state index is -0.254. The molecule has 1 aliphatic carbocycles. The van der Waals surface area contributed by atoms with Crippen molar-refractivity contribution < 1.29 is 13.9 Å². The summed E-state index contributed by atoms with van der Waals surface area (Å²) in [4.78, 5) is 19.2. The number of ether oxygens (including phenoxy) is 1. The summed E-state index contributed by atoms with van der Waals surface area (Å²) in [5.41, 5.74) is 1.75. The molecule has 2 aromatic rings. The Morgan fingerprint density at radius 1 is 1.20 bits per heavy atom. The Balaban J connectivity index is 1.44. The number of morpholine rings is 1. The fraction of sp³-hybridized carbons (Fsp3) is 0.368. The molecule has 130 valence electrons. The lowest BCUT2D eigenvalue weighted by Gasteiger charge is -2.29. The number of aromatic nitrogens is 1. The summed E-state index contributed by atoms with van der Waals surface area (Å²) in [6.07, 6.45) is 2.53. The van der Waals surface area contributed by atoms with E-state index < -0.39 is 0 Å². The molecule has 1 aliphatic heterocycles. The summed E-state index contributed by atoms with van der Waals surface area (Å²) in [5.74, 6) is 0.637. The molecule has 2 atom stereocenters. The number of nitrogens with one attached hydrogen (secondary N) is 1. The van der Waals surface area contributed by atoms with Gasteiger partial charge >= 0.3 is 0 Å². The third-order valence-corrected chi connectivity index (χ3v) is 4.78. The van der Waals surface area contributed by atoms with Gasteiger partial charge < -0.3 is 15.0 Å². The van der Waals surface area contributed by atoms with Crippen molar-refractivity contribution in [1.29, 1.82) is 0 Å². The Bertz CT molecular complexity index is 760. The van der Waals surface area contributed by atoms with Crippen LogP contribution in [0.5, 0.6) is 0 Å². The average molecular weight is 341 g/mol. The molecule has 0 spiro atoms. The third kappa shape index (κ3) is 3.49. The summed E-state index contributed by atoms with van der Waals surface area (Å²) >= 11 is 0. The summed E-state index contributed by atoms with van der Waals surface area (Å²) in [6.45, 7) is 2.86. The topological polar surface area (TPSA) is 54.5 Å². The molecule has 4 rings (SSSR count). The predicted octanol–water partition coefficient (Wildman–Crippen LogP) is 2.80. The van der Waals surface area contributed by atoms with Crippen molar-refractivity contribution in [3.8, 4) is 0 Å². The predicted molar refractivity (Wildman–Crippen MR) is 93.1 cm³/mol. The standard InChI is InChI=1S/C19H20FN3O2/c20-14-5-3-13(4-6-14)15-12-16(15)19(24)22-17-2-1-7-21-18(17)23-8-10-25-11-9-23/h1-7,15-16H,8-12H2,(H,22,24)/t15-,16-/m1/s1. The van der Waals surface area contributed by atoms with E-state index in [-0.39, 0.29) is 23.6 Å². The van der Waals surface area contributed by atoms with Crippen LogP contribution in [0.2, 0.25) is 0 Å². The Labute approximate surface area is 145 Å². The Morgan fingerprint density at radius 2 is 1.96 bits per heavy atom. The number of carbonyl (C=O) groups is 1. The molecule has 1 amide bonds. The molecule has 6 heteroatoms. The maximum Gasteiger partial charge on any atom is 0.228 e. The van der Waals surface area contributed by atoms with Gasteiger partial charge in [-0.15, -0.1) is 0 Å². The maximum absolute atomic E-state index is 13.0. The SMILES string of the molecule is O=C(Nc1cccnc1N1CCOCC1)[C@@H]1C[C@@H]1c1ccc(F)cc1. The molecule has 1 saturated heterocycles. The lowest BCUT2D eigenvalue weighted by molar-refractivity contribution is -0.117. The van der Waals surface area contributed by atoms with Crippen molar-refractivity contribution >= 4 is 17.4 Å². The zero-order chi connectivity index (χ0) is 17.2. The number of amides is 1. The number of hydrogen-bond donors (Lipinski definition) is 1. The minimum absolute atomic E-state index is 0.00293. The van der Waals surface area contributed by atoms with E-state index in [1.165, 1.54) is 12.1 Å². The van der Waals surface area contributed by atoms with Crippen LogP contribution in [0.25, 0.3) is 0 Å². The summed E-state index contributed by atoms with van der Waals surface area (Å²) in [7, 11) is 0. The van der Waals surface area contributed by atoms with Gasteiger partial charge in [0.25, 0.3) is 0 Å². The second-order valence-corrected chi connectivity index (χ2v) is 6.46. The van der Waals surface area contributed by atoms with Crippen molar-refractivity contribution in [3.05, 3.63) is 54.0 Å². The Hall–Kier alpha value is -2.47. The molecule has 1 aromatic carbocycles. The van der Waals surface area contributed by atoms with Gasteiger partial charge in [0.05, 0.1) is 18.9 Å². The van der Waals surface area contributed by atoms with E-state index in [9.17, 15) is 9.18 Å². The molecular formula is C19H20FN3O2. The van der Waals surface area contributed by atoms with Gasteiger partial charge in [0.1, 0.15) is 5.82 Å². The van der Waals surface area contributed by atoms with Gasteiger partial charge in [0.2, 0.25) is 5.91 Å². The molecule has 25 heavy (non-hydrogen) atoms. The van der Waals surface area contributed by atoms with Gasteiger partial charge in [-0.2, -0.15) is 0 Å². The van der Waals surface area contributed by atoms with E-state index in [1.54, 1.807) is 18.3 Å². The second kappa shape index (κ2) is 6.80. The van der Waals surface area contributed by atoms with E-state index >= 15 is 0 Å². The Morgan fingerprint density at radius 3 is 2.72 bits per heavy atom. The first-order chi connectivity index (χ1) is 12.2. The monoisotopic (exact) mass is 341 g/mol. The molecule has 5 nitrogen and oxygen atoms in total. The van der Waals surface area contributed by atoms with E-state index in [0.717, 1.165) is 36.6 Å². The van der Waals surface area contributed by atoms with Gasteiger partial charge in [-0.1, -0.05) is 12.1 Å². The molecule has 0 bridgehead atoms. The van der Waals surface area contributed by atoms with Crippen LogP contribution in [-0.2, 0) is 9.53 Å². The first-order valence-corrected chi connectivity index (χ1v) is 8.56. The van der Waals surface area contributed by atoms with Crippen molar-refractivity contribution in [3.63, 3.8) is 0 Å². The fourth-order valence-corrected chi connectivity index (χ4v) is 3.31. The normalized spacial score (nSPS) is 22.5. The van der Waals surface area contributed by atoms with E-state index in [4.69, 9.17) is 4.74 Å². The number of benzene rings is 1. The summed E-state index contributed by atoms with van der Waals surface area (Å²) in [5, 5.41) is 3.02. The van der Waals surface area contributed by atoms with Crippen molar-refractivity contribution in [1.82, 2.24) is 4.98 Å². The quantitative estimate of drug-likeness (QED) is 0.929. The van der Waals surface area contributed by atoms with Crippen LogP contribution in [0.3, 0.4) is 0 Å². The lowest BCUT2D eigenvalue weighted by atomic mass is 10.1. The highest BCUT2D eigenvalue weighted by Gasteiger charge is 2.44. The molecule has 1 saturated carbocycles. The van der Waals surface area contributed by atoms with E-state index in [2.05, 4.69) is 15.2 Å². The molecule has 2 fully saturated rings. The zero-order valence-electron chi connectivity index (χ0n) is 13.8. The van der Waals surface area contributed by atoms with Crippen LogP contribution >= 0.6 is 0 Å². The Kier molecular flexibility index (Phi) is 4.36. The van der Waals surface area contributed by atoms with Crippen molar-refractivity contribution in [2.45, 2.75) is 12.3 Å². The highest BCUT2D eigenvalue weighted by molar-refractivity contribution is 5.97. The molecule has 0 radical (unpaired) electrons. The number of pyridine rings is 1. The van der Waals surface area contributed by atoms with Crippen LogP contribution in [-0.4, -0.2) is 37.2 Å². The van der Waals surface area contributed by atoms with Gasteiger partial charge in [-0.25, -0.2) is 9.37 Å². The van der Waals surface area contributed by atoms with Crippen LogP contribution in [0, 0.1) is 11.7 Å². The van der Waals surface area contributed by atoms with Gasteiger partial charge in [-0.05, 0) is 42.2 Å².